The van der Waals surface area contributed by atoms with Crippen molar-refractivity contribution in [2.24, 2.45) is 0 Å². The minimum Gasteiger partial charge on any atom is -0.508 e. The van der Waals surface area contributed by atoms with Crippen LogP contribution in [-0.4, -0.2) is 15.1 Å². The highest BCUT2D eigenvalue weighted by molar-refractivity contribution is 9.10. The van der Waals surface area contributed by atoms with Crippen LogP contribution in [0.5, 0.6) is 5.75 Å². The van der Waals surface area contributed by atoms with Crippen LogP contribution in [0.4, 0.5) is 5.82 Å². The topological polar surface area (TPSA) is 58.0 Å². The molecular weight excluding hydrogens is 270 g/mol. The highest BCUT2D eigenvalue weighted by Crippen LogP contribution is 2.18. The van der Waals surface area contributed by atoms with Crippen molar-refractivity contribution in [3.63, 3.8) is 0 Å². The highest BCUT2D eigenvalue weighted by atomic mass is 79.9. The molecule has 1 heterocycles. The van der Waals surface area contributed by atoms with Crippen molar-refractivity contribution in [2.45, 2.75) is 6.54 Å². The SMILES string of the molecule is Oc1ccc(CNc2ncncc2Br)cc1. The smallest absolute Gasteiger partial charge is 0.144 e. The molecule has 0 radical (unpaired) electrons. The standard InChI is InChI=1S/C11H10BrN3O/c12-10-6-13-7-15-11(10)14-5-8-1-3-9(16)4-2-8/h1-4,6-7,16H,5H2,(H,13,14,15). The first-order chi connectivity index (χ1) is 7.75. The monoisotopic (exact) mass is 279 g/mol. The van der Waals surface area contributed by atoms with Gasteiger partial charge in [-0.3, -0.25) is 0 Å². The normalized spacial score (nSPS) is 10.1. The number of rotatable bonds is 3. The molecule has 0 saturated heterocycles. The van der Waals surface area contributed by atoms with E-state index in [4.69, 9.17) is 5.11 Å². The van der Waals surface area contributed by atoms with Crippen LogP contribution >= 0.6 is 15.9 Å². The molecule has 1 aromatic heterocycles. The van der Waals surface area contributed by atoms with Gasteiger partial charge in [-0.1, -0.05) is 12.1 Å². The van der Waals surface area contributed by atoms with Crippen molar-refractivity contribution < 1.29 is 5.11 Å². The molecule has 2 rings (SSSR count). The van der Waals surface area contributed by atoms with Gasteiger partial charge in [0.1, 0.15) is 17.9 Å². The number of aromatic nitrogens is 2. The predicted octanol–water partition coefficient (Wildman–Crippen LogP) is 2.56. The van der Waals surface area contributed by atoms with Crippen molar-refractivity contribution in [1.82, 2.24) is 9.97 Å². The molecule has 0 aliphatic carbocycles. The average Bonchev–Trinajstić information content (AvgIpc) is 2.30. The summed E-state index contributed by atoms with van der Waals surface area (Å²) in [5.74, 6) is 1.02. The Hall–Kier alpha value is -1.62. The molecule has 0 amide bonds. The largest absolute Gasteiger partial charge is 0.508 e. The molecule has 0 saturated carbocycles. The molecule has 82 valence electrons. The van der Waals surface area contributed by atoms with E-state index in [1.807, 2.05) is 12.1 Å². The van der Waals surface area contributed by atoms with Gasteiger partial charge in [-0.15, -0.1) is 0 Å². The van der Waals surface area contributed by atoms with Gasteiger partial charge in [0.05, 0.1) is 4.47 Å². The molecule has 0 aliphatic heterocycles. The quantitative estimate of drug-likeness (QED) is 0.907. The van der Waals surface area contributed by atoms with Gasteiger partial charge in [0.15, 0.2) is 0 Å². The molecule has 0 fully saturated rings. The van der Waals surface area contributed by atoms with Crippen molar-refractivity contribution in [2.75, 3.05) is 5.32 Å². The molecule has 0 bridgehead atoms. The first-order valence-corrected chi connectivity index (χ1v) is 5.52. The summed E-state index contributed by atoms with van der Waals surface area (Å²) in [6.07, 6.45) is 3.18. The number of aromatic hydroxyl groups is 1. The predicted molar refractivity (Wildman–Crippen MR) is 65.2 cm³/mol. The Balaban J connectivity index is 2.02. The Bertz CT molecular complexity index is 473. The van der Waals surface area contributed by atoms with Crippen LogP contribution in [-0.2, 0) is 6.54 Å². The molecular formula is C11H10BrN3O. The van der Waals surface area contributed by atoms with Gasteiger partial charge in [-0.05, 0) is 33.6 Å². The third-order valence-electron chi connectivity index (χ3n) is 2.06. The van der Waals surface area contributed by atoms with Gasteiger partial charge < -0.3 is 10.4 Å². The number of nitrogens with zero attached hydrogens (tertiary/aromatic N) is 2. The average molecular weight is 280 g/mol. The second kappa shape index (κ2) is 4.94. The van der Waals surface area contributed by atoms with Crippen molar-refractivity contribution in [3.8, 4) is 5.75 Å². The van der Waals surface area contributed by atoms with Crippen LogP contribution in [0.25, 0.3) is 0 Å². The molecule has 1 aromatic carbocycles. The molecule has 2 aromatic rings. The lowest BCUT2D eigenvalue weighted by Crippen LogP contribution is -2.02. The minimum absolute atomic E-state index is 0.270. The van der Waals surface area contributed by atoms with Gasteiger partial charge in [-0.2, -0.15) is 0 Å². The van der Waals surface area contributed by atoms with Crippen LogP contribution < -0.4 is 5.32 Å². The van der Waals surface area contributed by atoms with Gasteiger partial charge >= 0.3 is 0 Å². The number of hydrogen-bond donors (Lipinski definition) is 2. The Labute approximate surface area is 102 Å². The summed E-state index contributed by atoms with van der Waals surface area (Å²) < 4.78 is 0.828. The fourth-order valence-electron chi connectivity index (χ4n) is 1.24. The van der Waals surface area contributed by atoms with E-state index in [0.29, 0.717) is 6.54 Å². The lowest BCUT2D eigenvalue weighted by Gasteiger charge is -2.06. The van der Waals surface area contributed by atoms with Gasteiger partial charge in [0.25, 0.3) is 0 Å². The molecule has 0 aliphatic rings. The maximum atomic E-state index is 9.14. The second-order valence-electron chi connectivity index (χ2n) is 3.24. The summed E-state index contributed by atoms with van der Waals surface area (Å²) in [6.45, 7) is 0.649. The summed E-state index contributed by atoms with van der Waals surface area (Å²) in [6, 6.07) is 7.03. The molecule has 0 atom stereocenters. The Kier molecular flexibility index (Phi) is 3.36. The van der Waals surface area contributed by atoms with Crippen LogP contribution in [0.15, 0.2) is 41.3 Å². The number of halogens is 1. The second-order valence-corrected chi connectivity index (χ2v) is 4.09. The van der Waals surface area contributed by atoms with Gasteiger partial charge in [-0.25, -0.2) is 9.97 Å². The van der Waals surface area contributed by atoms with Crippen LogP contribution in [0.3, 0.4) is 0 Å². The molecule has 0 spiro atoms. The van der Waals surface area contributed by atoms with Crippen molar-refractivity contribution >= 4 is 21.7 Å². The zero-order valence-corrected chi connectivity index (χ0v) is 9.98. The van der Waals surface area contributed by atoms with Gasteiger partial charge in [0.2, 0.25) is 0 Å². The minimum atomic E-state index is 0.270. The molecule has 0 unspecified atom stereocenters. The summed E-state index contributed by atoms with van der Waals surface area (Å²) in [5.41, 5.74) is 1.07. The van der Waals surface area contributed by atoms with E-state index in [2.05, 4.69) is 31.2 Å². The molecule has 16 heavy (non-hydrogen) atoms. The zero-order valence-electron chi connectivity index (χ0n) is 8.39. The van der Waals surface area contributed by atoms with Gasteiger partial charge in [0, 0.05) is 12.7 Å². The van der Waals surface area contributed by atoms with E-state index in [1.165, 1.54) is 6.33 Å². The van der Waals surface area contributed by atoms with Crippen LogP contribution in [0.2, 0.25) is 0 Å². The van der Waals surface area contributed by atoms with E-state index < -0.39 is 0 Å². The Morgan fingerprint density at radius 1 is 1.25 bits per heavy atom. The fraction of sp³-hybridized carbons (Fsp3) is 0.0909. The number of phenols is 1. The van der Waals surface area contributed by atoms with E-state index in [1.54, 1.807) is 18.3 Å². The number of phenolic OH excluding ortho intramolecular Hbond substituents is 1. The highest BCUT2D eigenvalue weighted by Gasteiger charge is 2.00. The van der Waals surface area contributed by atoms with Crippen molar-refractivity contribution in [3.05, 3.63) is 46.8 Å². The molecule has 5 heteroatoms. The molecule has 4 nitrogen and oxygen atoms in total. The number of nitrogens with one attached hydrogen (secondary N) is 1. The summed E-state index contributed by atoms with van der Waals surface area (Å²) in [4.78, 5) is 7.97. The lowest BCUT2D eigenvalue weighted by atomic mass is 10.2. The van der Waals surface area contributed by atoms with E-state index >= 15 is 0 Å². The summed E-state index contributed by atoms with van der Waals surface area (Å²) in [5, 5.41) is 12.3. The summed E-state index contributed by atoms with van der Waals surface area (Å²) in [7, 11) is 0. The third kappa shape index (κ3) is 2.70. The van der Waals surface area contributed by atoms with Crippen LogP contribution in [0.1, 0.15) is 5.56 Å². The number of hydrogen-bond acceptors (Lipinski definition) is 4. The fourth-order valence-corrected chi connectivity index (χ4v) is 1.60. The lowest BCUT2D eigenvalue weighted by molar-refractivity contribution is 0.475. The zero-order chi connectivity index (χ0) is 11.4. The van der Waals surface area contributed by atoms with Crippen molar-refractivity contribution in [1.29, 1.82) is 0 Å². The maximum absolute atomic E-state index is 9.14. The maximum Gasteiger partial charge on any atom is 0.144 e. The number of benzene rings is 1. The first-order valence-electron chi connectivity index (χ1n) is 4.73. The van der Waals surface area contributed by atoms with E-state index in [-0.39, 0.29) is 5.75 Å². The van der Waals surface area contributed by atoms with Crippen LogP contribution in [0, 0.1) is 0 Å². The Morgan fingerprint density at radius 2 is 2.00 bits per heavy atom. The third-order valence-corrected chi connectivity index (χ3v) is 2.64. The molecule has 2 N–H and O–H groups in total. The number of anilines is 1. The summed E-state index contributed by atoms with van der Waals surface area (Å²) >= 11 is 3.35. The Morgan fingerprint density at radius 3 is 2.69 bits per heavy atom. The van der Waals surface area contributed by atoms with E-state index in [0.717, 1.165) is 15.9 Å². The first kappa shape index (κ1) is 10.9. The van der Waals surface area contributed by atoms with E-state index in [9.17, 15) is 0 Å².